The summed E-state index contributed by atoms with van der Waals surface area (Å²) in [5.74, 6) is 2.12. The quantitative estimate of drug-likeness (QED) is 0.739. The van der Waals surface area contributed by atoms with Crippen LogP contribution in [0.4, 0.5) is 0 Å². The van der Waals surface area contributed by atoms with Crippen molar-refractivity contribution in [3.63, 3.8) is 0 Å². The molecule has 2 heterocycles. The molecule has 0 atom stereocenters. The summed E-state index contributed by atoms with van der Waals surface area (Å²) in [5, 5.41) is 8.53. The fourth-order valence-corrected chi connectivity index (χ4v) is 2.29. The minimum atomic E-state index is 0.285. The molecule has 0 aliphatic rings. The zero-order valence-electron chi connectivity index (χ0n) is 13.1. The lowest BCUT2D eigenvalue weighted by atomic mass is 10.1. The second-order valence-corrected chi connectivity index (χ2v) is 5.41. The summed E-state index contributed by atoms with van der Waals surface area (Å²) in [5.41, 5.74) is 2.71. The summed E-state index contributed by atoms with van der Waals surface area (Å²) in [4.78, 5) is 4.49. The van der Waals surface area contributed by atoms with E-state index in [4.69, 9.17) is 9.26 Å². The Kier molecular flexibility index (Phi) is 3.66. The van der Waals surface area contributed by atoms with Gasteiger partial charge in [-0.25, -0.2) is 0 Å². The molecule has 3 aromatic rings. The van der Waals surface area contributed by atoms with Crippen LogP contribution in [-0.4, -0.2) is 27.0 Å². The third-order valence-corrected chi connectivity index (χ3v) is 3.41. The molecule has 0 saturated carbocycles. The normalized spacial score (nSPS) is 11.1. The van der Waals surface area contributed by atoms with Gasteiger partial charge in [-0.2, -0.15) is 10.1 Å². The number of aryl methyl sites for hydroxylation is 1. The van der Waals surface area contributed by atoms with Crippen LogP contribution in [0.5, 0.6) is 5.75 Å². The maximum Gasteiger partial charge on any atom is 0.261 e. The maximum atomic E-state index is 5.42. The predicted molar refractivity (Wildman–Crippen MR) is 82.6 cm³/mol. The van der Waals surface area contributed by atoms with Crippen molar-refractivity contribution in [2.45, 2.75) is 19.8 Å². The standard InChI is InChI=1S/C16H18N4O2/c1-10(2)14-13(9-20(3)18-14)16-17-15(19-22-16)11-5-7-12(21-4)8-6-11/h5-10H,1-4H3. The fraction of sp³-hybridized carbons (Fsp3) is 0.312. The summed E-state index contributed by atoms with van der Waals surface area (Å²) in [6.45, 7) is 4.18. The van der Waals surface area contributed by atoms with E-state index in [0.29, 0.717) is 11.7 Å². The summed E-state index contributed by atoms with van der Waals surface area (Å²) in [6.07, 6.45) is 1.90. The van der Waals surface area contributed by atoms with E-state index in [0.717, 1.165) is 22.6 Å². The molecule has 0 N–H and O–H groups in total. The number of methoxy groups -OCH3 is 1. The molecule has 6 nitrogen and oxygen atoms in total. The Morgan fingerprint density at radius 2 is 1.91 bits per heavy atom. The number of hydrogen-bond acceptors (Lipinski definition) is 5. The Morgan fingerprint density at radius 3 is 2.55 bits per heavy atom. The first-order valence-electron chi connectivity index (χ1n) is 7.10. The van der Waals surface area contributed by atoms with Gasteiger partial charge in [0.1, 0.15) is 5.75 Å². The smallest absolute Gasteiger partial charge is 0.261 e. The zero-order valence-corrected chi connectivity index (χ0v) is 13.1. The van der Waals surface area contributed by atoms with Crippen LogP contribution in [-0.2, 0) is 7.05 Å². The molecular weight excluding hydrogens is 280 g/mol. The molecule has 0 amide bonds. The molecule has 0 bridgehead atoms. The summed E-state index contributed by atoms with van der Waals surface area (Å²) in [7, 11) is 3.52. The van der Waals surface area contributed by atoms with Gasteiger partial charge in [0, 0.05) is 18.8 Å². The van der Waals surface area contributed by atoms with Crippen LogP contribution >= 0.6 is 0 Å². The van der Waals surface area contributed by atoms with Crippen molar-refractivity contribution in [1.29, 1.82) is 0 Å². The van der Waals surface area contributed by atoms with E-state index in [1.54, 1.807) is 11.8 Å². The lowest BCUT2D eigenvalue weighted by Crippen LogP contribution is -1.93. The second-order valence-electron chi connectivity index (χ2n) is 5.41. The van der Waals surface area contributed by atoms with Gasteiger partial charge in [-0.15, -0.1) is 0 Å². The van der Waals surface area contributed by atoms with Gasteiger partial charge in [-0.3, -0.25) is 4.68 Å². The van der Waals surface area contributed by atoms with Gasteiger partial charge >= 0.3 is 0 Å². The highest BCUT2D eigenvalue weighted by atomic mass is 16.5. The van der Waals surface area contributed by atoms with Crippen molar-refractivity contribution in [2.75, 3.05) is 7.11 Å². The van der Waals surface area contributed by atoms with Crippen molar-refractivity contribution in [3.05, 3.63) is 36.2 Å². The Bertz CT molecular complexity index is 772. The molecule has 3 rings (SSSR count). The van der Waals surface area contributed by atoms with Crippen molar-refractivity contribution in [2.24, 2.45) is 7.05 Å². The van der Waals surface area contributed by atoms with E-state index in [2.05, 4.69) is 29.1 Å². The third-order valence-electron chi connectivity index (χ3n) is 3.41. The molecule has 0 radical (unpaired) electrons. The van der Waals surface area contributed by atoms with Crippen molar-refractivity contribution in [3.8, 4) is 28.6 Å². The molecule has 0 spiro atoms. The maximum absolute atomic E-state index is 5.42. The van der Waals surface area contributed by atoms with E-state index in [1.165, 1.54) is 0 Å². The molecule has 0 aliphatic carbocycles. The van der Waals surface area contributed by atoms with Crippen molar-refractivity contribution < 1.29 is 9.26 Å². The number of ether oxygens (including phenoxy) is 1. The topological polar surface area (TPSA) is 66.0 Å². The van der Waals surface area contributed by atoms with Gasteiger partial charge in [0.15, 0.2) is 0 Å². The predicted octanol–water partition coefficient (Wildman–Crippen LogP) is 3.27. The monoisotopic (exact) mass is 298 g/mol. The van der Waals surface area contributed by atoms with Crippen LogP contribution < -0.4 is 4.74 Å². The minimum absolute atomic E-state index is 0.285. The van der Waals surface area contributed by atoms with Crippen LogP contribution in [0.15, 0.2) is 35.0 Å². The lowest BCUT2D eigenvalue weighted by molar-refractivity contribution is 0.414. The van der Waals surface area contributed by atoms with E-state index in [-0.39, 0.29) is 5.92 Å². The molecule has 2 aromatic heterocycles. The molecule has 1 aromatic carbocycles. The Hall–Kier alpha value is -2.63. The summed E-state index contributed by atoms with van der Waals surface area (Å²) in [6, 6.07) is 7.55. The molecule has 0 unspecified atom stereocenters. The number of hydrogen-bond donors (Lipinski definition) is 0. The fourth-order valence-electron chi connectivity index (χ4n) is 2.29. The highest BCUT2D eigenvalue weighted by Crippen LogP contribution is 2.28. The average Bonchev–Trinajstić information content (AvgIpc) is 3.13. The lowest BCUT2D eigenvalue weighted by Gasteiger charge is -2.00. The van der Waals surface area contributed by atoms with Gasteiger partial charge in [0.05, 0.1) is 18.4 Å². The van der Waals surface area contributed by atoms with Crippen molar-refractivity contribution in [1.82, 2.24) is 19.9 Å². The van der Waals surface area contributed by atoms with E-state index < -0.39 is 0 Å². The van der Waals surface area contributed by atoms with E-state index in [9.17, 15) is 0 Å². The highest BCUT2D eigenvalue weighted by Gasteiger charge is 2.19. The second kappa shape index (κ2) is 5.63. The van der Waals surface area contributed by atoms with Gasteiger partial charge in [0.2, 0.25) is 5.82 Å². The number of aromatic nitrogens is 4. The first-order chi connectivity index (χ1) is 10.6. The highest BCUT2D eigenvalue weighted by molar-refractivity contribution is 5.61. The Labute approximate surface area is 128 Å². The van der Waals surface area contributed by atoms with Crippen LogP contribution in [0.25, 0.3) is 22.8 Å². The van der Waals surface area contributed by atoms with Gasteiger partial charge < -0.3 is 9.26 Å². The Morgan fingerprint density at radius 1 is 1.18 bits per heavy atom. The van der Waals surface area contributed by atoms with E-state index >= 15 is 0 Å². The van der Waals surface area contributed by atoms with Crippen LogP contribution in [0.3, 0.4) is 0 Å². The average molecular weight is 298 g/mol. The Balaban J connectivity index is 1.96. The van der Waals surface area contributed by atoms with Crippen LogP contribution in [0, 0.1) is 0 Å². The number of rotatable bonds is 4. The number of benzene rings is 1. The molecular formula is C16H18N4O2. The van der Waals surface area contributed by atoms with Crippen LogP contribution in [0.2, 0.25) is 0 Å². The van der Waals surface area contributed by atoms with Crippen molar-refractivity contribution >= 4 is 0 Å². The molecule has 0 fully saturated rings. The molecule has 114 valence electrons. The molecule has 0 saturated heterocycles. The molecule has 0 aliphatic heterocycles. The van der Waals surface area contributed by atoms with Gasteiger partial charge in [-0.1, -0.05) is 19.0 Å². The van der Waals surface area contributed by atoms with E-state index in [1.807, 2.05) is 37.5 Å². The first kappa shape index (κ1) is 14.3. The third kappa shape index (κ3) is 2.59. The first-order valence-corrected chi connectivity index (χ1v) is 7.10. The summed E-state index contributed by atoms with van der Waals surface area (Å²) >= 11 is 0. The minimum Gasteiger partial charge on any atom is -0.497 e. The molecule has 6 heteroatoms. The van der Waals surface area contributed by atoms with Crippen LogP contribution in [0.1, 0.15) is 25.5 Å². The largest absolute Gasteiger partial charge is 0.497 e. The SMILES string of the molecule is COc1ccc(-c2noc(-c3cn(C)nc3C(C)C)n2)cc1. The summed E-state index contributed by atoms with van der Waals surface area (Å²) < 4.78 is 12.3. The zero-order chi connectivity index (χ0) is 15.7. The van der Waals surface area contributed by atoms with Gasteiger partial charge in [0.25, 0.3) is 5.89 Å². The van der Waals surface area contributed by atoms with Gasteiger partial charge in [-0.05, 0) is 30.2 Å². The number of nitrogens with zero attached hydrogens (tertiary/aromatic N) is 4. The molecule has 22 heavy (non-hydrogen) atoms.